The van der Waals surface area contributed by atoms with Crippen LogP contribution in [0.1, 0.15) is 34.6 Å². The lowest BCUT2D eigenvalue weighted by Crippen LogP contribution is -2.62. The van der Waals surface area contributed by atoms with E-state index < -0.39 is 17.6 Å². The zero-order valence-corrected chi connectivity index (χ0v) is 10.9. The molecule has 1 unspecified atom stereocenters. The third-order valence-corrected chi connectivity index (χ3v) is 3.33. The van der Waals surface area contributed by atoms with E-state index in [-0.39, 0.29) is 17.9 Å². The highest BCUT2D eigenvalue weighted by Gasteiger charge is 2.54. The standard InChI is InChI=1S/C11H21F3N2O/c1-7(2)9(3,4)6-16-8(17)10(5,15)11(12,13)14/h7H,6,15H2,1-5H3,(H,16,17). The van der Waals surface area contributed by atoms with Gasteiger partial charge in [0.15, 0.2) is 5.54 Å². The quantitative estimate of drug-likeness (QED) is 0.807. The van der Waals surface area contributed by atoms with Crippen molar-refractivity contribution in [2.75, 3.05) is 6.54 Å². The van der Waals surface area contributed by atoms with Gasteiger partial charge in [0.05, 0.1) is 0 Å². The van der Waals surface area contributed by atoms with Crippen molar-refractivity contribution < 1.29 is 18.0 Å². The van der Waals surface area contributed by atoms with E-state index in [4.69, 9.17) is 5.73 Å². The molecular weight excluding hydrogens is 233 g/mol. The topological polar surface area (TPSA) is 55.1 Å². The number of alkyl halides is 3. The summed E-state index contributed by atoms with van der Waals surface area (Å²) in [6.07, 6.45) is -4.75. The van der Waals surface area contributed by atoms with Crippen molar-refractivity contribution >= 4 is 5.91 Å². The summed E-state index contributed by atoms with van der Waals surface area (Å²) in [6.45, 7) is 8.46. The highest BCUT2D eigenvalue weighted by atomic mass is 19.4. The van der Waals surface area contributed by atoms with Crippen molar-refractivity contribution in [2.45, 2.75) is 46.3 Å². The van der Waals surface area contributed by atoms with Crippen LogP contribution in [0.15, 0.2) is 0 Å². The van der Waals surface area contributed by atoms with E-state index >= 15 is 0 Å². The molecule has 3 nitrogen and oxygen atoms in total. The van der Waals surface area contributed by atoms with Gasteiger partial charge in [0.1, 0.15) is 0 Å². The van der Waals surface area contributed by atoms with E-state index in [0.717, 1.165) is 0 Å². The van der Waals surface area contributed by atoms with Gasteiger partial charge in [0.2, 0.25) is 5.91 Å². The predicted molar refractivity (Wildman–Crippen MR) is 60.3 cm³/mol. The molecule has 102 valence electrons. The minimum Gasteiger partial charge on any atom is -0.354 e. The highest BCUT2D eigenvalue weighted by molar-refractivity contribution is 5.86. The van der Waals surface area contributed by atoms with Crippen LogP contribution >= 0.6 is 0 Å². The van der Waals surface area contributed by atoms with Crippen LogP contribution in [0.5, 0.6) is 0 Å². The van der Waals surface area contributed by atoms with Crippen LogP contribution in [-0.4, -0.2) is 24.2 Å². The smallest absolute Gasteiger partial charge is 0.354 e. The molecule has 0 aromatic heterocycles. The molecule has 0 aromatic rings. The first-order chi connectivity index (χ1) is 7.32. The number of halogens is 3. The molecule has 0 saturated carbocycles. The summed E-state index contributed by atoms with van der Waals surface area (Å²) < 4.78 is 37.4. The van der Waals surface area contributed by atoms with Crippen LogP contribution in [0.3, 0.4) is 0 Å². The van der Waals surface area contributed by atoms with Gasteiger partial charge < -0.3 is 11.1 Å². The number of hydrogen-bond donors (Lipinski definition) is 2. The minimum atomic E-state index is -4.75. The zero-order chi connectivity index (χ0) is 14.1. The second kappa shape index (κ2) is 4.84. The summed E-state index contributed by atoms with van der Waals surface area (Å²) in [7, 11) is 0. The molecule has 6 heteroatoms. The lowest BCUT2D eigenvalue weighted by Gasteiger charge is -2.32. The fourth-order valence-electron chi connectivity index (χ4n) is 0.825. The second-order valence-electron chi connectivity index (χ2n) is 5.53. The zero-order valence-electron chi connectivity index (χ0n) is 10.9. The first kappa shape index (κ1) is 16.2. The van der Waals surface area contributed by atoms with Gasteiger partial charge in [-0.05, 0) is 18.3 Å². The first-order valence-electron chi connectivity index (χ1n) is 5.46. The van der Waals surface area contributed by atoms with Crippen molar-refractivity contribution in [3.63, 3.8) is 0 Å². The van der Waals surface area contributed by atoms with Crippen molar-refractivity contribution in [2.24, 2.45) is 17.1 Å². The molecule has 0 heterocycles. The van der Waals surface area contributed by atoms with Crippen LogP contribution in [0.25, 0.3) is 0 Å². The van der Waals surface area contributed by atoms with E-state index in [1.54, 1.807) is 0 Å². The normalized spacial score (nSPS) is 16.8. The summed E-state index contributed by atoms with van der Waals surface area (Å²) in [4.78, 5) is 11.4. The average molecular weight is 254 g/mol. The molecule has 0 rings (SSSR count). The maximum absolute atomic E-state index is 12.5. The Morgan fingerprint density at radius 1 is 1.24 bits per heavy atom. The van der Waals surface area contributed by atoms with Gasteiger partial charge in [-0.3, -0.25) is 4.79 Å². The van der Waals surface area contributed by atoms with Gasteiger partial charge >= 0.3 is 6.18 Å². The number of hydrogen-bond acceptors (Lipinski definition) is 2. The average Bonchev–Trinajstić information content (AvgIpc) is 2.12. The van der Waals surface area contributed by atoms with Gasteiger partial charge in [0, 0.05) is 6.54 Å². The van der Waals surface area contributed by atoms with Gasteiger partial charge in [0.25, 0.3) is 0 Å². The molecule has 0 aliphatic carbocycles. The SMILES string of the molecule is CC(C)C(C)(C)CNC(=O)C(C)(N)C(F)(F)F. The molecule has 0 bridgehead atoms. The molecule has 0 saturated heterocycles. The molecule has 0 spiro atoms. The van der Waals surface area contributed by atoms with Crippen LogP contribution < -0.4 is 11.1 Å². The third-order valence-electron chi connectivity index (χ3n) is 3.33. The number of nitrogens with two attached hydrogens (primary N) is 1. The van der Waals surface area contributed by atoms with E-state index in [9.17, 15) is 18.0 Å². The molecule has 0 aliphatic rings. The third kappa shape index (κ3) is 3.87. The Morgan fingerprint density at radius 2 is 1.65 bits per heavy atom. The van der Waals surface area contributed by atoms with Gasteiger partial charge in [-0.1, -0.05) is 27.7 Å². The van der Waals surface area contributed by atoms with Gasteiger partial charge in [-0.25, -0.2) is 0 Å². The van der Waals surface area contributed by atoms with Crippen LogP contribution in [0.2, 0.25) is 0 Å². The summed E-state index contributed by atoms with van der Waals surface area (Å²) in [6, 6.07) is 0. The maximum atomic E-state index is 12.5. The number of carbonyl (C=O) groups is 1. The Kier molecular flexibility index (Phi) is 4.62. The molecule has 17 heavy (non-hydrogen) atoms. The number of amides is 1. The van der Waals surface area contributed by atoms with E-state index in [2.05, 4.69) is 5.32 Å². The lowest BCUT2D eigenvalue weighted by atomic mass is 9.81. The minimum absolute atomic E-state index is 0.159. The first-order valence-corrected chi connectivity index (χ1v) is 5.46. The Morgan fingerprint density at radius 3 is 1.94 bits per heavy atom. The Bertz CT molecular complexity index is 283. The molecule has 0 radical (unpaired) electrons. The van der Waals surface area contributed by atoms with Crippen molar-refractivity contribution in [1.82, 2.24) is 5.32 Å². The molecule has 0 aromatic carbocycles. The number of rotatable bonds is 4. The molecule has 0 fully saturated rings. The van der Waals surface area contributed by atoms with Crippen LogP contribution in [0, 0.1) is 11.3 Å². The Hall–Kier alpha value is -0.780. The molecule has 1 atom stereocenters. The fourth-order valence-corrected chi connectivity index (χ4v) is 0.825. The van der Waals surface area contributed by atoms with Gasteiger partial charge in [-0.2, -0.15) is 13.2 Å². The largest absolute Gasteiger partial charge is 0.415 e. The summed E-state index contributed by atoms with van der Waals surface area (Å²) in [5.41, 5.74) is 1.88. The van der Waals surface area contributed by atoms with Crippen molar-refractivity contribution in [3.05, 3.63) is 0 Å². The fraction of sp³-hybridized carbons (Fsp3) is 0.909. The maximum Gasteiger partial charge on any atom is 0.415 e. The van der Waals surface area contributed by atoms with E-state index in [1.807, 2.05) is 27.7 Å². The highest BCUT2D eigenvalue weighted by Crippen LogP contribution is 2.29. The van der Waals surface area contributed by atoms with Gasteiger partial charge in [-0.15, -0.1) is 0 Å². The summed E-state index contributed by atoms with van der Waals surface area (Å²) >= 11 is 0. The van der Waals surface area contributed by atoms with Crippen LogP contribution in [0.4, 0.5) is 13.2 Å². The lowest BCUT2D eigenvalue weighted by molar-refractivity contribution is -0.187. The number of carbonyl (C=O) groups excluding carboxylic acids is 1. The van der Waals surface area contributed by atoms with E-state index in [0.29, 0.717) is 6.92 Å². The number of nitrogens with one attached hydrogen (secondary N) is 1. The predicted octanol–water partition coefficient (Wildman–Crippen LogP) is 2.06. The Labute approximate surface area is 99.9 Å². The molecule has 3 N–H and O–H groups in total. The Balaban J connectivity index is 4.59. The van der Waals surface area contributed by atoms with Crippen molar-refractivity contribution in [1.29, 1.82) is 0 Å². The molecule has 1 amide bonds. The summed E-state index contributed by atoms with van der Waals surface area (Å²) in [5, 5.41) is 2.27. The van der Waals surface area contributed by atoms with Crippen LogP contribution in [-0.2, 0) is 4.79 Å². The molecule has 0 aliphatic heterocycles. The second-order valence-corrected chi connectivity index (χ2v) is 5.53. The monoisotopic (exact) mass is 254 g/mol. The molecular formula is C11H21F3N2O. The van der Waals surface area contributed by atoms with E-state index in [1.165, 1.54) is 0 Å². The summed E-state index contributed by atoms with van der Waals surface area (Å²) in [5.74, 6) is -0.962. The van der Waals surface area contributed by atoms with Crippen molar-refractivity contribution in [3.8, 4) is 0 Å².